The summed E-state index contributed by atoms with van der Waals surface area (Å²) in [5, 5.41) is 9.33. The van der Waals surface area contributed by atoms with E-state index in [4.69, 9.17) is 4.74 Å². The maximum atomic E-state index is 13.6. The fourth-order valence-corrected chi connectivity index (χ4v) is 2.21. The predicted molar refractivity (Wildman–Crippen MR) is 85.8 cm³/mol. The van der Waals surface area contributed by atoms with Crippen molar-refractivity contribution in [3.8, 4) is 0 Å². The van der Waals surface area contributed by atoms with Crippen LogP contribution in [0.3, 0.4) is 0 Å². The average Bonchev–Trinajstić information content (AvgIpc) is 2.96. The summed E-state index contributed by atoms with van der Waals surface area (Å²) < 4.78 is 33.8. The number of nitrogens with zero attached hydrogens (tertiary/aromatic N) is 2. The molecule has 0 fully saturated rings. The number of amides is 2. The number of methoxy groups -OCH3 is 1. The van der Waals surface area contributed by atoms with Gasteiger partial charge < -0.3 is 15.4 Å². The highest BCUT2D eigenvalue weighted by Gasteiger charge is 2.14. The zero-order chi connectivity index (χ0) is 17.5. The van der Waals surface area contributed by atoms with E-state index in [0.29, 0.717) is 18.8 Å². The number of carbonyl (C=O) groups excluding carboxylic acids is 1. The number of halogens is 2. The highest BCUT2D eigenvalue weighted by atomic mass is 19.1. The number of hydrogen-bond acceptors (Lipinski definition) is 3. The van der Waals surface area contributed by atoms with Gasteiger partial charge in [-0.1, -0.05) is 6.07 Å². The van der Waals surface area contributed by atoms with E-state index in [0.717, 1.165) is 0 Å². The topological polar surface area (TPSA) is 68.2 Å². The normalized spacial score (nSPS) is 12.0. The maximum Gasteiger partial charge on any atom is 0.319 e. The summed E-state index contributed by atoms with van der Waals surface area (Å²) in [5.74, 6) is -1.24. The molecule has 0 bridgehead atoms. The highest BCUT2D eigenvalue weighted by molar-refractivity contribution is 5.89. The summed E-state index contributed by atoms with van der Waals surface area (Å²) in [4.78, 5) is 11.9. The van der Waals surface area contributed by atoms with Gasteiger partial charge in [0.05, 0.1) is 25.0 Å². The van der Waals surface area contributed by atoms with E-state index >= 15 is 0 Å². The first kappa shape index (κ1) is 17.9. The number of aromatic nitrogens is 2. The number of anilines is 1. The lowest BCUT2D eigenvalue weighted by Gasteiger charge is -2.15. The van der Waals surface area contributed by atoms with Gasteiger partial charge in [0.2, 0.25) is 0 Å². The molecule has 0 aliphatic carbocycles. The molecule has 1 atom stereocenters. The Bertz CT molecular complexity index is 670. The van der Waals surface area contributed by atoms with Crippen molar-refractivity contribution >= 4 is 11.7 Å². The Balaban J connectivity index is 1.86. The van der Waals surface area contributed by atoms with Gasteiger partial charge in [0.1, 0.15) is 11.6 Å². The summed E-state index contributed by atoms with van der Waals surface area (Å²) in [6, 6.07) is 2.78. The van der Waals surface area contributed by atoms with Crippen LogP contribution in [0.5, 0.6) is 0 Å². The monoisotopic (exact) mass is 338 g/mol. The average molecular weight is 338 g/mol. The lowest BCUT2D eigenvalue weighted by molar-refractivity contribution is 0.183. The summed E-state index contributed by atoms with van der Waals surface area (Å²) in [7, 11) is 1.59. The molecule has 0 radical (unpaired) electrons. The van der Waals surface area contributed by atoms with Crippen molar-refractivity contribution in [3.63, 3.8) is 0 Å². The minimum absolute atomic E-state index is 0.0438. The number of rotatable bonds is 7. The Morgan fingerprint density at radius 3 is 2.75 bits per heavy atom. The van der Waals surface area contributed by atoms with Crippen LogP contribution in [0, 0.1) is 11.6 Å². The lowest BCUT2D eigenvalue weighted by Crippen LogP contribution is -2.37. The van der Waals surface area contributed by atoms with E-state index < -0.39 is 23.7 Å². The molecule has 0 aliphatic heterocycles. The molecule has 0 saturated heterocycles. The maximum absolute atomic E-state index is 13.6. The Morgan fingerprint density at radius 2 is 2.08 bits per heavy atom. The number of hydrogen-bond donors (Lipinski definition) is 2. The summed E-state index contributed by atoms with van der Waals surface area (Å²) in [5.41, 5.74) is 0.477. The Labute approximate surface area is 138 Å². The molecule has 2 N–H and O–H groups in total. The first-order chi connectivity index (χ1) is 11.5. The third-order valence-corrected chi connectivity index (χ3v) is 3.37. The van der Waals surface area contributed by atoms with Crippen LogP contribution in [0.4, 0.5) is 19.3 Å². The summed E-state index contributed by atoms with van der Waals surface area (Å²) >= 11 is 0. The smallest absolute Gasteiger partial charge is 0.319 e. The van der Waals surface area contributed by atoms with E-state index in [1.165, 1.54) is 24.4 Å². The summed E-state index contributed by atoms with van der Waals surface area (Å²) in [6.45, 7) is 2.76. The van der Waals surface area contributed by atoms with Gasteiger partial charge in [0.15, 0.2) is 0 Å². The van der Waals surface area contributed by atoms with E-state index in [2.05, 4.69) is 15.7 Å². The van der Waals surface area contributed by atoms with Crippen LogP contribution in [-0.2, 0) is 17.7 Å². The molecule has 0 aliphatic rings. The van der Waals surface area contributed by atoms with Crippen LogP contribution in [-0.4, -0.2) is 35.6 Å². The van der Waals surface area contributed by atoms with Crippen molar-refractivity contribution in [3.05, 3.63) is 47.8 Å². The molecule has 1 aromatic heterocycles. The van der Waals surface area contributed by atoms with Crippen molar-refractivity contribution in [2.45, 2.75) is 25.9 Å². The molecule has 6 nitrogen and oxygen atoms in total. The van der Waals surface area contributed by atoms with Crippen LogP contribution in [0.25, 0.3) is 0 Å². The third-order valence-electron chi connectivity index (χ3n) is 3.37. The first-order valence-corrected chi connectivity index (χ1v) is 7.51. The molecule has 1 aromatic carbocycles. The van der Waals surface area contributed by atoms with Gasteiger partial charge in [-0.15, -0.1) is 0 Å². The van der Waals surface area contributed by atoms with Crippen molar-refractivity contribution in [2.24, 2.45) is 0 Å². The van der Waals surface area contributed by atoms with E-state index in [9.17, 15) is 13.6 Å². The molecule has 2 rings (SSSR count). The van der Waals surface area contributed by atoms with Crippen LogP contribution in [0.15, 0.2) is 30.6 Å². The summed E-state index contributed by atoms with van der Waals surface area (Å²) in [6.07, 6.45) is 3.23. The van der Waals surface area contributed by atoms with E-state index in [1.54, 1.807) is 24.9 Å². The van der Waals surface area contributed by atoms with Crippen molar-refractivity contribution in [2.75, 3.05) is 19.0 Å². The predicted octanol–water partition coefficient (Wildman–Crippen LogP) is 2.56. The minimum Gasteiger partial charge on any atom is -0.383 e. The molecule has 24 heavy (non-hydrogen) atoms. The quantitative estimate of drug-likeness (QED) is 0.815. The number of ether oxygens (including phenoxy) is 1. The Hall–Kier alpha value is -2.48. The molecular weight excluding hydrogens is 318 g/mol. The number of nitrogens with one attached hydrogen (secondary N) is 2. The SMILES string of the molecule is COCCn1cc(NC(=O)N[C@H](C)Cc2c(F)cccc2F)cn1. The largest absolute Gasteiger partial charge is 0.383 e. The van der Waals surface area contributed by atoms with Gasteiger partial charge in [-0.05, 0) is 25.5 Å². The van der Waals surface area contributed by atoms with E-state index in [-0.39, 0.29) is 12.0 Å². The molecule has 1 heterocycles. The zero-order valence-electron chi connectivity index (χ0n) is 13.6. The second-order valence-electron chi connectivity index (χ2n) is 5.39. The zero-order valence-corrected chi connectivity index (χ0v) is 13.6. The molecule has 0 unspecified atom stereocenters. The second-order valence-corrected chi connectivity index (χ2v) is 5.39. The van der Waals surface area contributed by atoms with Gasteiger partial charge in [-0.3, -0.25) is 4.68 Å². The molecule has 130 valence electrons. The van der Waals surface area contributed by atoms with Crippen molar-refractivity contribution in [1.29, 1.82) is 0 Å². The molecule has 2 aromatic rings. The highest BCUT2D eigenvalue weighted by Crippen LogP contribution is 2.14. The number of urea groups is 1. The van der Waals surface area contributed by atoms with Crippen LogP contribution in [0.2, 0.25) is 0 Å². The molecule has 0 spiro atoms. The van der Waals surface area contributed by atoms with Gasteiger partial charge in [0, 0.05) is 24.9 Å². The number of carbonyl (C=O) groups is 1. The van der Waals surface area contributed by atoms with Gasteiger partial charge in [-0.2, -0.15) is 5.10 Å². The van der Waals surface area contributed by atoms with Crippen LogP contribution in [0.1, 0.15) is 12.5 Å². The minimum atomic E-state index is -0.622. The van der Waals surface area contributed by atoms with Crippen LogP contribution < -0.4 is 10.6 Å². The molecular formula is C16H20F2N4O2. The fourth-order valence-electron chi connectivity index (χ4n) is 2.21. The lowest BCUT2D eigenvalue weighted by atomic mass is 10.1. The fraction of sp³-hybridized carbons (Fsp3) is 0.375. The molecule has 0 saturated carbocycles. The number of benzene rings is 1. The van der Waals surface area contributed by atoms with Crippen molar-refractivity contribution in [1.82, 2.24) is 15.1 Å². The first-order valence-electron chi connectivity index (χ1n) is 7.51. The molecule has 8 heteroatoms. The second kappa shape index (κ2) is 8.39. The van der Waals surface area contributed by atoms with Crippen molar-refractivity contribution < 1.29 is 18.3 Å². The third kappa shape index (κ3) is 5.02. The van der Waals surface area contributed by atoms with Gasteiger partial charge >= 0.3 is 6.03 Å². The van der Waals surface area contributed by atoms with E-state index in [1.807, 2.05) is 0 Å². The van der Waals surface area contributed by atoms with Gasteiger partial charge in [-0.25, -0.2) is 13.6 Å². The van der Waals surface area contributed by atoms with Crippen LogP contribution >= 0.6 is 0 Å². The van der Waals surface area contributed by atoms with Gasteiger partial charge in [0.25, 0.3) is 0 Å². The Morgan fingerprint density at radius 1 is 1.38 bits per heavy atom. The standard InChI is InChI=1S/C16H20F2N4O2/c1-11(8-13-14(17)4-3-5-15(13)18)20-16(23)21-12-9-19-22(10-12)6-7-24-2/h3-5,9-11H,6-8H2,1-2H3,(H2,20,21,23)/t11-/m1/s1. The Kier molecular flexibility index (Phi) is 6.25. The molecule has 2 amide bonds.